The number of nitrogens with zero attached hydrogens (tertiary/aromatic N) is 2. The maximum atomic E-state index is 6.04. The highest BCUT2D eigenvalue weighted by atomic mass is 35.5. The van der Waals surface area contributed by atoms with E-state index in [1.165, 1.54) is 0 Å². The minimum absolute atomic E-state index is 0. The topological polar surface area (TPSA) is 77.8 Å². The summed E-state index contributed by atoms with van der Waals surface area (Å²) in [6, 6.07) is 10.6. The second kappa shape index (κ2) is 8.00. The Hall–Kier alpha value is -1.20. The maximum Gasteiger partial charge on any atom is 0.0681 e. The molecule has 2 heterocycles. The van der Waals surface area contributed by atoms with Crippen molar-refractivity contribution in [3.05, 3.63) is 60.2 Å². The van der Waals surface area contributed by atoms with E-state index in [0.29, 0.717) is 0 Å². The van der Waals surface area contributed by atoms with Crippen LogP contribution in [0.15, 0.2) is 48.8 Å². The van der Waals surface area contributed by atoms with Gasteiger partial charge in [0.1, 0.15) is 0 Å². The predicted molar refractivity (Wildman–Crippen MR) is 76.8 cm³/mol. The molecule has 0 radical (unpaired) electrons. The molecule has 0 aliphatic carbocycles. The summed E-state index contributed by atoms with van der Waals surface area (Å²) in [5.41, 5.74) is 13.6. The Morgan fingerprint density at radius 3 is 1.39 bits per heavy atom. The van der Waals surface area contributed by atoms with E-state index in [-0.39, 0.29) is 36.9 Å². The first kappa shape index (κ1) is 16.8. The number of hydrogen-bond donors (Lipinski definition) is 2. The Kier molecular flexibility index (Phi) is 7.47. The molecule has 2 atom stereocenters. The molecule has 0 bridgehead atoms. The largest absolute Gasteiger partial charge is 0.321 e. The van der Waals surface area contributed by atoms with E-state index >= 15 is 0 Å². The molecule has 0 aliphatic rings. The lowest BCUT2D eigenvalue weighted by Crippen LogP contribution is -2.27. The standard InChI is InChI=1S/C12H14N4.2ClH/c13-11(9-5-1-3-7-15-9)12(14)10-6-2-4-8-16-10;;/h1-8,11-12H,13-14H2;2*1H/t11-,12-;;/m1../s1. The number of aromatic nitrogens is 2. The lowest BCUT2D eigenvalue weighted by Gasteiger charge is -2.18. The lowest BCUT2D eigenvalue weighted by atomic mass is 10.0. The average Bonchev–Trinajstić information content (AvgIpc) is 2.39. The minimum Gasteiger partial charge on any atom is -0.321 e. The van der Waals surface area contributed by atoms with E-state index in [2.05, 4.69) is 9.97 Å². The highest BCUT2D eigenvalue weighted by Gasteiger charge is 2.18. The van der Waals surface area contributed by atoms with Crippen LogP contribution in [0.25, 0.3) is 0 Å². The van der Waals surface area contributed by atoms with E-state index in [1.807, 2.05) is 36.4 Å². The number of rotatable bonds is 3. The zero-order valence-corrected chi connectivity index (χ0v) is 11.3. The molecule has 0 amide bonds. The van der Waals surface area contributed by atoms with Crippen LogP contribution in [0.5, 0.6) is 0 Å². The monoisotopic (exact) mass is 286 g/mol. The fourth-order valence-corrected chi connectivity index (χ4v) is 1.51. The van der Waals surface area contributed by atoms with Gasteiger partial charge in [-0.05, 0) is 24.3 Å². The van der Waals surface area contributed by atoms with Gasteiger partial charge in [-0.3, -0.25) is 9.97 Å². The summed E-state index contributed by atoms with van der Waals surface area (Å²) in [7, 11) is 0. The first-order valence-corrected chi connectivity index (χ1v) is 5.12. The van der Waals surface area contributed by atoms with Gasteiger partial charge in [0.25, 0.3) is 0 Å². The normalized spacial score (nSPS) is 12.8. The number of pyridine rings is 2. The lowest BCUT2D eigenvalue weighted by molar-refractivity contribution is 0.548. The molecule has 0 aliphatic heterocycles. The average molecular weight is 287 g/mol. The quantitative estimate of drug-likeness (QED) is 0.905. The SMILES string of the molecule is Cl.Cl.N[C@H](c1ccccn1)[C@H](N)c1ccccn1. The third kappa shape index (κ3) is 3.92. The molecule has 98 valence electrons. The molecule has 4 nitrogen and oxygen atoms in total. The number of halogens is 2. The molecular weight excluding hydrogens is 271 g/mol. The van der Waals surface area contributed by atoms with Crippen LogP contribution in [0.1, 0.15) is 23.5 Å². The second-order valence-corrected chi connectivity index (χ2v) is 3.56. The van der Waals surface area contributed by atoms with Crippen molar-refractivity contribution in [2.75, 3.05) is 0 Å². The fourth-order valence-electron chi connectivity index (χ4n) is 1.51. The highest BCUT2D eigenvalue weighted by molar-refractivity contribution is 5.85. The van der Waals surface area contributed by atoms with Gasteiger partial charge >= 0.3 is 0 Å². The van der Waals surface area contributed by atoms with Crippen molar-refractivity contribution >= 4 is 24.8 Å². The van der Waals surface area contributed by atoms with E-state index in [9.17, 15) is 0 Å². The van der Waals surface area contributed by atoms with Gasteiger partial charge in [-0.25, -0.2) is 0 Å². The van der Waals surface area contributed by atoms with Crippen LogP contribution < -0.4 is 11.5 Å². The molecule has 0 aromatic carbocycles. The Balaban J connectivity index is 0.00000144. The molecular formula is C12H16Cl2N4. The van der Waals surface area contributed by atoms with Crippen LogP contribution in [-0.4, -0.2) is 9.97 Å². The highest BCUT2D eigenvalue weighted by Crippen LogP contribution is 2.20. The molecule has 2 aromatic heterocycles. The van der Waals surface area contributed by atoms with Crippen molar-refractivity contribution in [2.24, 2.45) is 11.5 Å². The van der Waals surface area contributed by atoms with Crippen molar-refractivity contribution < 1.29 is 0 Å². The van der Waals surface area contributed by atoms with Gasteiger partial charge in [0.05, 0.1) is 23.5 Å². The van der Waals surface area contributed by atoms with Crippen LogP contribution in [0.3, 0.4) is 0 Å². The van der Waals surface area contributed by atoms with Crippen LogP contribution in [0.4, 0.5) is 0 Å². The molecule has 0 saturated heterocycles. The summed E-state index contributed by atoms with van der Waals surface area (Å²) >= 11 is 0. The molecule has 2 rings (SSSR count). The molecule has 18 heavy (non-hydrogen) atoms. The Morgan fingerprint density at radius 1 is 0.722 bits per heavy atom. The molecule has 2 aromatic rings. The van der Waals surface area contributed by atoms with Crippen molar-refractivity contribution in [1.29, 1.82) is 0 Å². The summed E-state index contributed by atoms with van der Waals surface area (Å²) in [5, 5.41) is 0. The molecule has 0 unspecified atom stereocenters. The van der Waals surface area contributed by atoms with Gasteiger partial charge < -0.3 is 11.5 Å². The van der Waals surface area contributed by atoms with Gasteiger partial charge in [0.15, 0.2) is 0 Å². The summed E-state index contributed by atoms with van der Waals surface area (Å²) in [6.45, 7) is 0. The minimum atomic E-state index is -0.337. The van der Waals surface area contributed by atoms with Crippen LogP contribution >= 0.6 is 24.8 Å². The van der Waals surface area contributed by atoms with Crippen molar-refractivity contribution in [3.63, 3.8) is 0 Å². The zero-order valence-electron chi connectivity index (χ0n) is 9.64. The number of nitrogens with two attached hydrogens (primary N) is 2. The van der Waals surface area contributed by atoms with E-state index in [0.717, 1.165) is 11.4 Å². The van der Waals surface area contributed by atoms with E-state index < -0.39 is 0 Å². The second-order valence-electron chi connectivity index (χ2n) is 3.56. The van der Waals surface area contributed by atoms with Crippen LogP contribution in [-0.2, 0) is 0 Å². The Bertz CT molecular complexity index is 395. The van der Waals surface area contributed by atoms with Gasteiger partial charge in [-0.2, -0.15) is 0 Å². The fraction of sp³-hybridized carbons (Fsp3) is 0.167. The van der Waals surface area contributed by atoms with Crippen molar-refractivity contribution in [2.45, 2.75) is 12.1 Å². The van der Waals surface area contributed by atoms with Gasteiger partial charge in [0, 0.05) is 12.4 Å². The van der Waals surface area contributed by atoms with Crippen LogP contribution in [0, 0.1) is 0 Å². The number of hydrogen-bond acceptors (Lipinski definition) is 4. The van der Waals surface area contributed by atoms with Gasteiger partial charge in [-0.15, -0.1) is 24.8 Å². The first-order chi connectivity index (χ1) is 7.79. The molecule has 0 fully saturated rings. The van der Waals surface area contributed by atoms with Crippen molar-refractivity contribution in [3.8, 4) is 0 Å². The maximum absolute atomic E-state index is 6.04. The zero-order chi connectivity index (χ0) is 11.4. The molecule has 0 spiro atoms. The van der Waals surface area contributed by atoms with E-state index in [4.69, 9.17) is 11.5 Å². The molecule has 4 N–H and O–H groups in total. The third-order valence-corrected chi connectivity index (χ3v) is 2.45. The van der Waals surface area contributed by atoms with E-state index in [1.54, 1.807) is 12.4 Å². The smallest absolute Gasteiger partial charge is 0.0681 e. The Labute approximate surface area is 119 Å². The van der Waals surface area contributed by atoms with Gasteiger partial charge in [-0.1, -0.05) is 12.1 Å². The summed E-state index contributed by atoms with van der Waals surface area (Å²) < 4.78 is 0. The molecule has 6 heteroatoms. The van der Waals surface area contributed by atoms with Gasteiger partial charge in [0.2, 0.25) is 0 Å². The summed E-state index contributed by atoms with van der Waals surface area (Å²) in [6.07, 6.45) is 3.42. The summed E-state index contributed by atoms with van der Waals surface area (Å²) in [4.78, 5) is 8.38. The molecule has 0 saturated carbocycles. The van der Waals surface area contributed by atoms with Crippen LogP contribution in [0.2, 0.25) is 0 Å². The third-order valence-electron chi connectivity index (χ3n) is 2.45. The predicted octanol–water partition coefficient (Wildman–Crippen LogP) is 2.02. The summed E-state index contributed by atoms with van der Waals surface area (Å²) in [5.74, 6) is 0. The Morgan fingerprint density at radius 2 is 1.11 bits per heavy atom. The first-order valence-electron chi connectivity index (χ1n) is 5.12. The van der Waals surface area contributed by atoms with Crippen molar-refractivity contribution in [1.82, 2.24) is 9.97 Å².